The fourth-order valence-electron chi connectivity index (χ4n) is 1.31. The van der Waals surface area contributed by atoms with Gasteiger partial charge in [-0.3, -0.25) is 4.79 Å². The zero-order chi connectivity index (χ0) is 13.8. The van der Waals surface area contributed by atoms with E-state index in [1.54, 1.807) is 31.2 Å². The van der Waals surface area contributed by atoms with Crippen molar-refractivity contribution in [2.24, 2.45) is 0 Å². The van der Waals surface area contributed by atoms with E-state index >= 15 is 0 Å². The highest BCUT2D eigenvalue weighted by Gasteiger charge is 2.09. The van der Waals surface area contributed by atoms with Crippen LogP contribution in [0.25, 0.3) is 0 Å². The Labute approximate surface area is 119 Å². The summed E-state index contributed by atoms with van der Waals surface area (Å²) in [6.07, 6.45) is 0. The largest absolute Gasteiger partial charge is 0.336 e. The smallest absolute Gasteiger partial charge is 0.234 e. The Balaban J connectivity index is 1.88. The topological polar surface area (TPSA) is 85.8 Å². The lowest BCUT2D eigenvalue weighted by Crippen LogP contribution is -2.16. The molecule has 1 amide bonds. The Kier molecular flexibility index (Phi) is 4.28. The third-order valence-electron chi connectivity index (χ3n) is 2.30. The Morgan fingerprint density at radius 1 is 1.42 bits per heavy atom. The second-order valence-electron chi connectivity index (χ2n) is 3.74. The number of hydrogen-bond acceptors (Lipinski definition) is 5. The Morgan fingerprint density at radius 2 is 2.11 bits per heavy atom. The number of aryl methyl sites for hydroxylation is 1. The minimum Gasteiger partial charge on any atom is -0.336 e. The number of hydrogen-bond donors (Lipinski definition) is 2. The number of amides is 1. The molecule has 0 unspecified atom stereocenters. The number of carbonyl (C=O) groups excluding carboxylic acids is 1. The Hall–Kier alpha value is -1.73. The van der Waals surface area contributed by atoms with Gasteiger partial charge in [-0.25, -0.2) is 4.68 Å². The summed E-state index contributed by atoms with van der Waals surface area (Å²) in [5.41, 5.74) is 0.695. The maximum absolute atomic E-state index is 11.7. The van der Waals surface area contributed by atoms with Gasteiger partial charge >= 0.3 is 0 Å². The van der Waals surface area contributed by atoms with Crippen LogP contribution in [0.1, 0.15) is 5.82 Å². The van der Waals surface area contributed by atoms with E-state index in [1.807, 2.05) is 0 Å². The molecular formula is C11H12ClN5OS. The monoisotopic (exact) mass is 297 g/mol. The van der Waals surface area contributed by atoms with Crippen molar-refractivity contribution in [3.63, 3.8) is 0 Å². The minimum absolute atomic E-state index is 0.145. The number of halogens is 1. The molecule has 2 aromatic rings. The lowest BCUT2D eigenvalue weighted by atomic mass is 10.3. The third kappa shape index (κ3) is 3.62. The lowest BCUT2D eigenvalue weighted by Gasteiger charge is -2.05. The average Bonchev–Trinajstić information content (AvgIpc) is 2.70. The van der Waals surface area contributed by atoms with Gasteiger partial charge in [0, 0.05) is 10.7 Å². The van der Waals surface area contributed by atoms with E-state index in [0.717, 1.165) is 0 Å². The zero-order valence-corrected chi connectivity index (χ0v) is 11.7. The van der Waals surface area contributed by atoms with Gasteiger partial charge in [-0.05, 0) is 31.2 Å². The predicted octanol–water partition coefficient (Wildman–Crippen LogP) is 1.68. The number of rotatable bonds is 4. The maximum atomic E-state index is 11.7. The lowest BCUT2D eigenvalue weighted by molar-refractivity contribution is -0.113. The molecule has 19 heavy (non-hydrogen) atoms. The summed E-state index contributed by atoms with van der Waals surface area (Å²) in [4.78, 5) is 11.7. The molecule has 0 fully saturated rings. The Morgan fingerprint density at radius 3 is 2.68 bits per heavy atom. The predicted molar refractivity (Wildman–Crippen MR) is 75.7 cm³/mol. The number of benzene rings is 1. The number of thioether (sulfide) groups is 1. The van der Waals surface area contributed by atoms with Crippen molar-refractivity contribution >= 4 is 35.0 Å². The summed E-state index contributed by atoms with van der Waals surface area (Å²) in [6.45, 7) is 1.74. The molecule has 6 nitrogen and oxygen atoms in total. The summed E-state index contributed by atoms with van der Waals surface area (Å²) in [5, 5.41) is 11.5. The second kappa shape index (κ2) is 5.94. The molecule has 0 bridgehead atoms. The molecule has 0 aliphatic rings. The summed E-state index contributed by atoms with van der Waals surface area (Å²) < 4.78 is 1.35. The van der Waals surface area contributed by atoms with Crippen molar-refractivity contribution in [1.29, 1.82) is 0 Å². The van der Waals surface area contributed by atoms with Crippen molar-refractivity contribution in [2.45, 2.75) is 12.1 Å². The number of nitrogens with two attached hydrogens (primary N) is 1. The molecule has 3 N–H and O–H groups in total. The number of carbonyl (C=O) groups is 1. The van der Waals surface area contributed by atoms with Crippen LogP contribution < -0.4 is 11.2 Å². The van der Waals surface area contributed by atoms with Crippen LogP contribution in [-0.2, 0) is 4.79 Å². The van der Waals surface area contributed by atoms with Gasteiger partial charge in [-0.2, -0.15) is 0 Å². The van der Waals surface area contributed by atoms with Gasteiger partial charge in [-0.15, -0.1) is 10.2 Å². The van der Waals surface area contributed by atoms with Crippen molar-refractivity contribution in [2.75, 3.05) is 16.9 Å². The first-order chi connectivity index (χ1) is 9.06. The molecular weight excluding hydrogens is 286 g/mol. The zero-order valence-electron chi connectivity index (χ0n) is 10.1. The second-order valence-corrected chi connectivity index (χ2v) is 5.12. The van der Waals surface area contributed by atoms with E-state index in [-0.39, 0.29) is 11.7 Å². The van der Waals surface area contributed by atoms with Gasteiger partial charge < -0.3 is 11.2 Å². The van der Waals surface area contributed by atoms with Gasteiger partial charge in [-0.1, -0.05) is 23.4 Å². The van der Waals surface area contributed by atoms with Crippen LogP contribution in [0, 0.1) is 6.92 Å². The molecule has 1 heterocycles. The Bertz CT molecular complexity index is 583. The average molecular weight is 298 g/mol. The van der Waals surface area contributed by atoms with Crippen molar-refractivity contribution in [1.82, 2.24) is 14.9 Å². The first-order valence-electron chi connectivity index (χ1n) is 5.41. The van der Waals surface area contributed by atoms with Gasteiger partial charge in [0.05, 0.1) is 5.75 Å². The fraction of sp³-hybridized carbons (Fsp3) is 0.182. The van der Waals surface area contributed by atoms with Crippen molar-refractivity contribution < 1.29 is 4.79 Å². The molecule has 1 aromatic carbocycles. The summed E-state index contributed by atoms with van der Waals surface area (Å²) in [5.74, 6) is 6.34. The molecule has 1 aromatic heterocycles. The van der Waals surface area contributed by atoms with Gasteiger partial charge in [0.2, 0.25) is 11.1 Å². The molecule has 0 aliphatic heterocycles. The highest BCUT2D eigenvalue weighted by atomic mass is 35.5. The van der Waals surface area contributed by atoms with Crippen molar-refractivity contribution in [3.05, 3.63) is 35.1 Å². The molecule has 100 valence electrons. The molecule has 0 radical (unpaired) electrons. The SMILES string of the molecule is Cc1nnc(SCC(=O)Nc2ccc(Cl)cc2)n1N. The first-order valence-corrected chi connectivity index (χ1v) is 6.78. The van der Waals surface area contributed by atoms with Crippen LogP contribution in [0.5, 0.6) is 0 Å². The standard InChI is InChI=1S/C11H12ClN5OS/c1-7-15-16-11(17(7)13)19-6-10(18)14-9-4-2-8(12)3-5-9/h2-5H,6,13H2,1H3,(H,14,18). The summed E-state index contributed by atoms with van der Waals surface area (Å²) in [7, 11) is 0. The number of aromatic nitrogens is 3. The fourth-order valence-corrected chi connectivity index (χ4v) is 2.14. The highest BCUT2D eigenvalue weighted by Crippen LogP contribution is 2.16. The third-order valence-corrected chi connectivity index (χ3v) is 3.49. The van der Waals surface area contributed by atoms with Crippen LogP contribution in [0.4, 0.5) is 5.69 Å². The van der Waals surface area contributed by atoms with Crippen LogP contribution in [0.3, 0.4) is 0 Å². The van der Waals surface area contributed by atoms with E-state index in [1.165, 1.54) is 16.4 Å². The number of nitrogens with zero attached hydrogens (tertiary/aromatic N) is 3. The van der Waals surface area contributed by atoms with Crippen LogP contribution in [-0.4, -0.2) is 26.5 Å². The molecule has 0 saturated heterocycles. The van der Waals surface area contributed by atoms with E-state index < -0.39 is 0 Å². The summed E-state index contributed by atoms with van der Waals surface area (Å²) in [6, 6.07) is 6.90. The minimum atomic E-state index is -0.145. The number of anilines is 1. The molecule has 0 atom stereocenters. The van der Waals surface area contributed by atoms with Gasteiger partial charge in [0.1, 0.15) is 5.82 Å². The molecule has 8 heteroatoms. The van der Waals surface area contributed by atoms with Crippen molar-refractivity contribution in [3.8, 4) is 0 Å². The first kappa shape index (κ1) is 13.7. The van der Waals surface area contributed by atoms with E-state index in [4.69, 9.17) is 17.4 Å². The number of nitrogen functional groups attached to an aromatic ring is 1. The van der Waals surface area contributed by atoms with Gasteiger partial charge in [0.25, 0.3) is 0 Å². The molecule has 2 rings (SSSR count). The number of nitrogens with one attached hydrogen (secondary N) is 1. The highest BCUT2D eigenvalue weighted by molar-refractivity contribution is 7.99. The van der Waals surface area contributed by atoms with Crippen LogP contribution >= 0.6 is 23.4 Å². The van der Waals surface area contributed by atoms with Crippen LogP contribution in [0.15, 0.2) is 29.4 Å². The normalized spacial score (nSPS) is 10.4. The summed E-state index contributed by atoms with van der Waals surface area (Å²) >= 11 is 6.99. The van der Waals surface area contributed by atoms with Crippen LogP contribution in [0.2, 0.25) is 5.02 Å². The molecule has 0 aliphatic carbocycles. The van der Waals surface area contributed by atoms with E-state index in [9.17, 15) is 4.79 Å². The van der Waals surface area contributed by atoms with E-state index in [0.29, 0.717) is 21.7 Å². The van der Waals surface area contributed by atoms with E-state index in [2.05, 4.69) is 15.5 Å². The quantitative estimate of drug-likeness (QED) is 0.662. The molecule has 0 saturated carbocycles. The molecule has 0 spiro atoms. The maximum Gasteiger partial charge on any atom is 0.234 e. The van der Waals surface area contributed by atoms with Gasteiger partial charge in [0.15, 0.2) is 0 Å².